The van der Waals surface area contributed by atoms with Gasteiger partial charge in [0.2, 0.25) is 5.91 Å². The standard InChI is InChI=1S/C22H30N4O2/c1-25-15-19(14-24-25)22-18(12-21(27)26(22)9-10-28-2)13-23-20-8-7-16-5-3-4-6-17(16)11-20/h3-6,14-15,18,20,22-23H,7-13H2,1-2H3/t18-,20+,22+/m0/s1. The number of carbonyl (C=O) groups is 1. The number of hydrogen-bond acceptors (Lipinski definition) is 4. The molecule has 4 rings (SSSR count). The molecular formula is C22H30N4O2. The minimum Gasteiger partial charge on any atom is -0.383 e. The maximum Gasteiger partial charge on any atom is 0.223 e. The van der Waals surface area contributed by atoms with Gasteiger partial charge < -0.3 is 15.0 Å². The summed E-state index contributed by atoms with van der Waals surface area (Å²) in [7, 11) is 3.60. The molecule has 0 saturated carbocycles. The Labute approximate surface area is 166 Å². The molecule has 150 valence electrons. The summed E-state index contributed by atoms with van der Waals surface area (Å²) >= 11 is 0. The van der Waals surface area contributed by atoms with E-state index < -0.39 is 0 Å². The maximum absolute atomic E-state index is 12.7. The predicted molar refractivity (Wildman–Crippen MR) is 108 cm³/mol. The van der Waals surface area contributed by atoms with Crippen LogP contribution in [0.3, 0.4) is 0 Å². The van der Waals surface area contributed by atoms with E-state index in [0.717, 1.165) is 31.4 Å². The minimum atomic E-state index is 0.0692. The first kappa shape index (κ1) is 19.2. The highest BCUT2D eigenvalue weighted by Crippen LogP contribution is 2.37. The van der Waals surface area contributed by atoms with E-state index in [1.54, 1.807) is 7.11 Å². The number of ether oxygens (including phenoxy) is 1. The quantitative estimate of drug-likeness (QED) is 0.797. The van der Waals surface area contributed by atoms with E-state index >= 15 is 0 Å². The van der Waals surface area contributed by atoms with Gasteiger partial charge >= 0.3 is 0 Å². The number of methoxy groups -OCH3 is 1. The molecule has 6 nitrogen and oxygen atoms in total. The number of hydrogen-bond donors (Lipinski definition) is 1. The second-order valence-corrected chi connectivity index (χ2v) is 8.05. The average molecular weight is 383 g/mol. The molecule has 28 heavy (non-hydrogen) atoms. The van der Waals surface area contributed by atoms with Crippen LogP contribution in [0.25, 0.3) is 0 Å². The van der Waals surface area contributed by atoms with Gasteiger partial charge in [0.15, 0.2) is 0 Å². The van der Waals surface area contributed by atoms with Crippen LogP contribution in [0.15, 0.2) is 36.7 Å². The summed E-state index contributed by atoms with van der Waals surface area (Å²) in [6.45, 7) is 2.03. The summed E-state index contributed by atoms with van der Waals surface area (Å²) in [5.41, 5.74) is 4.06. The number of benzene rings is 1. The van der Waals surface area contributed by atoms with Crippen LogP contribution < -0.4 is 5.32 Å². The number of likely N-dealkylation sites (tertiary alicyclic amines) is 1. The maximum atomic E-state index is 12.7. The summed E-state index contributed by atoms with van der Waals surface area (Å²) in [6.07, 6.45) is 7.87. The Kier molecular flexibility index (Phi) is 5.78. The van der Waals surface area contributed by atoms with Gasteiger partial charge in [0.25, 0.3) is 0 Å². The van der Waals surface area contributed by atoms with Gasteiger partial charge in [-0.3, -0.25) is 9.48 Å². The van der Waals surface area contributed by atoms with E-state index in [0.29, 0.717) is 25.6 Å². The Morgan fingerprint density at radius 3 is 2.82 bits per heavy atom. The molecule has 3 atom stereocenters. The van der Waals surface area contributed by atoms with Gasteiger partial charge in [-0.2, -0.15) is 5.10 Å². The molecule has 2 aliphatic rings. The third kappa shape index (κ3) is 3.98. The Hall–Kier alpha value is -2.18. The van der Waals surface area contributed by atoms with Crippen LogP contribution in [-0.2, 0) is 29.4 Å². The van der Waals surface area contributed by atoms with Crippen LogP contribution in [0.2, 0.25) is 0 Å². The number of nitrogens with one attached hydrogen (secondary N) is 1. The highest BCUT2D eigenvalue weighted by molar-refractivity contribution is 5.79. The van der Waals surface area contributed by atoms with Gasteiger partial charge in [-0.15, -0.1) is 0 Å². The molecule has 0 spiro atoms. The number of aryl methyl sites for hydroxylation is 2. The van der Waals surface area contributed by atoms with Crippen molar-refractivity contribution in [2.24, 2.45) is 13.0 Å². The number of carbonyl (C=O) groups excluding carboxylic acids is 1. The van der Waals surface area contributed by atoms with Gasteiger partial charge in [0.05, 0.1) is 18.8 Å². The first-order valence-corrected chi connectivity index (χ1v) is 10.2. The smallest absolute Gasteiger partial charge is 0.223 e. The Morgan fingerprint density at radius 2 is 2.07 bits per heavy atom. The van der Waals surface area contributed by atoms with E-state index in [-0.39, 0.29) is 17.9 Å². The van der Waals surface area contributed by atoms with Crippen molar-refractivity contribution in [3.63, 3.8) is 0 Å². The Balaban J connectivity index is 1.44. The molecule has 6 heteroatoms. The van der Waals surface area contributed by atoms with Gasteiger partial charge in [0, 0.05) is 57.4 Å². The van der Waals surface area contributed by atoms with Crippen molar-refractivity contribution in [1.29, 1.82) is 0 Å². The highest BCUT2D eigenvalue weighted by atomic mass is 16.5. The summed E-state index contributed by atoms with van der Waals surface area (Å²) in [5, 5.41) is 8.11. The molecule has 1 aliphatic heterocycles. The van der Waals surface area contributed by atoms with E-state index in [2.05, 4.69) is 34.7 Å². The normalized spacial score (nSPS) is 24.6. The van der Waals surface area contributed by atoms with Crippen LogP contribution >= 0.6 is 0 Å². The molecule has 1 aromatic heterocycles. The fourth-order valence-electron chi connectivity index (χ4n) is 4.74. The Bertz CT molecular complexity index is 818. The summed E-state index contributed by atoms with van der Waals surface area (Å²) in [5.74, 6) is 0.470. The minimum absolute atomic E-state index is 0.0692. The van der Waals surface area contributed by atoms with Crippen LogP contribution in [0.1, 0.15) is 35.6 Å². The number of aromatic nitrogens is 2. The topological polar surface area (TPSA) is 59.4 Å². The average Bonchev–Trinajstić information content (AvgIpc) is 3.27. The van der Waals surface area contributed by atoms with Crippen LogP contribution in [0.4, 0.5) is 0 Å². The van der Waals surface area contributed by atoms with Crippen LogP contribution in [0.5, 0.6) is 0 Å². The van der Waals surface area contributed by atoms with E-state index in [4.69, 9.17) is 4.74 Å². The lowest BCUT2D eigenvalue weighted by Gasteiger charge is -2.30. The third-order valence-electron chi connectivity index (χ3n) is 6.16. The van der Waals surface area contributed by atoms with Crippen molar-refractivity contribution in [3.8, 4) is 0 Å². The lowest BCUT2D eigenvalue weighted by atomic mass is 9.87. The van der Waals surface area contributed by atoms with Crippen molar-refractivity contribution in [3.05, 3.63) is 53.3 Å². The van der Waals surface area contributed by atoms with Crippen molar-refractivity contribution in [1.82, 2.24) is 20.0 Å². The molecular weight excluding hydrogens is 352 g/mol. The highest BCUT2D eigenvalue weighted by Gasteiger charge is 2.41. The zero-order chi connectivity index (χ0) is 19.5. The third-order valence-corrected chi connectivity index (χ3v) is 6.16. The molecule has 2 aromatic rings. The number of nitrogens with zero attached hydrogens (tertiary/aromatic N) is 3. The zero-order valence-electron chi connectivity index (χ0n) is 16.8. The fraction of sp³-hybridized carbons (Fsp3) is 0.545. The van der Waals surface area contributed by atoms with Crippen molar-refractivity contribution >= 4 is 5.91 Å². The molecule has 1 aromatic carbocycles. The lowest BCUT2D eigenvalue weighted by molar-refractivity contribution is -0.129. The Morgan fingerprint density at radius 1 is 1.25 bits per heavy atom. The second kappa shape index (κ2) is 8.45. The van der Waals surface area contributed by atoms with E-state index in [9.17, 15) is 4.79 Å². The predicted octanol–water partition coefficient (Wildman–Crippen LogP) is 2.10. The molecule has 0 bridgehead atoms. The van der Waals surface area contributed by atoms with Crippen molar-refractivity contribution in [2.75, 3.05) is 26.8 Å². The fourth-order valence-corrected chi connectivity index (χ4v) is 4.74. The molecule has 1 amide bonds. The summed E-state index contributed by atoms with van der Waals surface area (Å²) in [4.78, 5) is 14.7. The van der Waals surface area contributed by atoms with Gasteiger partial charge in [-0.05, 0) is 30.4 Å². The first-order valence-electron chi connectivity index (χ1n) is 10.2. The van der Waals surface area contributed by atoms with Gasteiger partial charge in [-0.1, -0.05) is 24.3 Å². The molecule has 0 unspecified atom stereocenters. The number of fused-ring (bicyclic) bond motifs is 1. The molecule has 1 aliphatic carbocycles. The largest absolute Gasteiger partial charge is 0.383 e. The van der Waals surface area contributed by atoms with Crippen LogP contribution in [-0.4, -0.2) is 53.4 Å². The molecule has 2 heterocycles. The van der Waals surface area contributed by atoms with Gasteiger partial charge in [-0.25, -0.2) is 0 Å². The SMILES string of the molecule is COCCN1C(=O)C[C@@H](CN[C@@H]2CCc3ccccc3C2)[C@@H]1c1cnn(C)c1. The molecule has 0 radical (unpaired) electrons. The number of amides is 1. The first-order chi connectivity index (χ1) is 13.7. The van der Waals surface area contributed by atoms with Crippen molar-refractivity contribution in [2.45, 2.75) is 37.8 Å². The summed E-state index contributed by atoms with van der Waals surface area (Å²) < 4.78 is 7.05. The molecule has 1 fully saturated rings. The van der Waals surface area contributed by atoms with E-state index in [1.165, 1.54) is 11.1 Å². The van der Waals surface area contributed by atoms with Crippen molar-refractivity contribution < 1.29 is 9.53 Å². The van der Waals surface area contributed by atoms with Crippen LogP contribution in [0, 0.1) is 5.92 Å². The molecule has 1 saturated heterocycles. The summed E-state index contributed by atoms with van der Waals surface area (Å²) in [6, 6.07) is 9.29. The van der Waals surface area contributed by atoms with Gasteiger partial charge in [0.1, 0.15) is 0 Å². The zero-order valence-corrected chi connectivity index (χ0v) is 16.8. The lowest BCUT2D eigenvalue weighted by Crippen LogP contribution is -2.39. The second-order valence-electron chi connectivity index (χ2n) is 8.05. The molecule has 1 N–H and O–H groups in total. The van der Waals surface area contributed by atoms with E-state index in [1.807, 2.05) is 29.0 Å². The number of rotatable bonds is 7. The monoisotopic (exact) mass is 382 g/mol.